The number of aryl methyl sites for hydroxylation is 2. The standard InChI is InChI=1S/C16H23N3O2S2/c1-6-18(7-2)12(20)9-22-16-17-14-13(10(4)11(5)23-14)15(21)19(16)8-3/h6-9H2,1-5H3. The van der Waals surface area contributed by atoms with E-state index >= 15 is 0 Å². The Morgan fingerprint density at radius 3 is 2.48 bits per heavy atom. The molecule has 0 saturated carbocycles. The van der Waals surface area contributed by atoms with E-state index in [1.807, 2.05) is 34.6 Å². The van der Waals surface area contributed by atoms with Gasteiger partial charge in [-0.15, -0.1) is 11.3 Å². The minimum absolute atomic E-state index is 0.00265. The van der Waals surface area contributed by atoms with E-state index in [-0.39, 0.29) is 11.5 Å². The summed E-state index contributed by atoms with van der Waals surface area (Å²) < 4.78 is 1.67. The highest BCUT2D eigenvalue weighted by Crippen LogP contribution is 2.28. The van der Waals surface area contributed by atoms with Gasteiger partial charge < -0.3 is 4.90 Å². The van der Waals surface area contributed by atoms with Crippen molar-refractivity contribution in [1.82, 2.24) is 14.5 Å². The topological polar surface area (TPSA) is 55.2 Å². The van der Waals surface area contributed by atoms with Gasteiger partial charge in [-0.05, 0) is 40.2 Å². The summed E-state index contributed by atoms with van der Waals surface area (Å²) in [6, 6.07) is 0. The Morgan fingerprint density at radius 2 is 1.91 bits per heavy atom. The van der Waals surface area contributed by atoms with Crippen LogP contribution in [0.1, 0.15) is 31.2 Å². The van der Waals surface area contributed by atoms with Gasteiger partial charge in [-0.2, -0.15) is 0 Å². The van der Waals surface area contributed by atoms with Crippen molar-refractivity contribution in [3.8, 4) is 0 Å². The SMILES string of the molecule is CCN(CC)C(=O)CSc1nc2sc(C)c(C)c2c(=O)n1CC. The summed E-state index contributed by atoms with van der Waals surface area (Å²) in [5.41, 5.74) is 1.01. The van der Waals surface area contributed by atoms with Crippen molar-refractivity contribution in [2.45, 2.75) is 46.3 Å². The fourth-order valence-electron chi connectivity index (χ4n) is 2.49. The predicted molar refractivity (Wildman–Crippen MR) is 97.7 cm³/mol. The largest absolute Gasteiger partial charge is 0.343 e. The van der Waals surface area contributed by atoms with Crippen LogP contribution in [0.15, 0.2) is 9.95 Å². The lowest BCUT2D eigenvalue weighted by Gasteiger charge is -2.18. The molecule has 0 radical (unpaired) electrons. The third-order valence-electron chi connectivity index (χ3n) is 4.01. The molecule has 0 fully saturated rings. The average molecular weight is 354 g/mol. The van der Waals surface area contributed by atoms with Gasteiger partial charge in [-0.25, -0.2) is 4.98 Å². The minimum atomic E-state index is -0.00265. The molecule has 0 N–H and O–H groups in total. The molecule has 5 nitrogen and oxygen atoms in total. The van der Waals surface area contributed by atoms with E-state index in [0.717, 1.165) is 15.3 Å². The Labute approximate surface area is 144 Å². The molecule has 2 rings (SSSR count). The molecule has 2 heterocycles. The van der Waals surface area contributed by atoms with Gasteiger partial charge in [0.05, 0.1) is 11.1 Å². The second-order valence-corrected chi connectivity index (χ2v) is 7.41. The van der Waals surface area contributed by atoms with Gasteiger partial charge in [0.2, 0.25) is 5.91 Å². The first-order chi connectivity index (χ1) is 10.9. The average Bonchev–Trinajstić information content (AvgIpc) is 2.81. The number of hydrogen-bond acceptors (Lipinski definition) is 5. The smallest absolute Gasteiger partial charge is 0.263 e. The fourth-order valence-corrected chi connectivity index (χ4v) is 4.53. The van der Waals surface area contributed by atoms with Crippen LogP contribution in [0.2, 0.25) is 0 Å². The number of thiophene rings is 1. The molecule has 23 heavy (non-hydrogen) atoms. The van der Waals surface area contributed by atoms with Gasteiger partial charge >= 0.3 is 0 Å². The molecule has 2 aromatic rings. The van der Waals surface area contributed by atoms with E-state index in [9.17, 15) is 9.59 Å². The van der Waals surface area contributed by atoms with Gasteiger partial charge in [-0.3, -0.25) is 14.2 Å². The van der Waals surface area contributed by atoms with Crippen LogP contribution in [0, 0.1) is 13.8 Å². The van der Waals surface area contributed by atoms with Crippen LogP contribution >= 0.6 is 23.1 Å². The summed E-state index contributed by atoms with van der Waals surface area (Å²) in [5, 5.41) is 1.35. The molecule has 7 heteroatoms. The van der Waals surface area contributed by atoms with Crippen LogP contribution in [-0.4, -0.2) is 39.2 Å². The maximum absolute atomic E-state index is 12.7. The zero-order valence-corrected chi connectivity index (χ0v) is 15.9. The van der Waals surface area contributed by atoms with Crippen molar-refractivity contribution < 1.29 is 4.79 Å². The summed E-state index contributed by atoms with van der Waals surface area (Å²) in [6.07, 6.45) is 0. The van der Waals surface area contributed by atoms with Crippen LogP contribution in [-0.2, 0) is 11.3 Å². The number of aromatic nitrogens is 2. The molecule has 0 aliphatic rings. The first-order valence-electron chi connectivity index (χ1n) is 7.85. The number of nitrogens with zero attached hydrogens (tertiary/aromatic N) is 3. The molecule has 126 valence electrons. The van der Waals surface area contributed by atoms with E-state index in [1.54, 1.807) is 20.8 Å². The Morgan fingerprint density at radius 1 is 1.26 bits per heavy atom. The minimum Gasteiger partial charge on any atom is -0.343 e. The van der Waals surface area contributed by atoms with Crippen LogP contribution in [0.25, 0.3) is 10.2 Å². The summed E-state index contributed by atoms with van der Waals surface area (Å²) >= 11 is 2.89. The highest BCUT2D eigenvalue weighted by molar-refractivity contribution is 7.99. The van der Waals surface area contributed by atoms with Gasteiger partial charge in [0.25, 0.3) is 5.56 Å². The highest BCUT2D eigenvalue weighted by Gasteiger charge is 2.17. The lowest BCUT2D eigenvalue weighted by Crippen LogP contribution is -2.32. The number of carbonyl (C=O) groups is 1. The van der Waals surface area contributed by atoms with E-state index in [1.165, 1.54) is 11.8 Å². The van der Waals surface area contributed by atoms with E-state index in [0.29, 0.717) is 35.9 Å². The van der Waals surface area contributed by atoms with Crippen molar-refractivity contribution >= 4 is 39.2 Å². The number of carbonyl (C=O) groups excluding carboxylic acids is 1. The Kier molecular flexibility index (Phi) is 5.86. The summed E-state index contributed by atoms with van der Waals surface area (Å²) in [4.78, 5) is 33.2. The highest BCUT2D eigenvalue weighted by atomic mass is 32.2. The molecule has 0 bridgehead atoms. The summed E-state index contributed by atoms with van der Waals surface area (Å²) in [7, 11) is 0. The van der Waals surface area contributed by atoms with Crippen LogP contribution < -0.4 is 5.56 Å². The molecule has 1 amide bonds. The number of hydrogen-bond donors (Lipinski definition) is 0. The number of rotatable bonds is 6. The monoisotopic (exact) mass is 353 g/mol. The lowest BCUT2D eigenvalue weighted by atomic mass is 10.2. The maximum atomic E-state index is 12.7. The molecular formula is C16H23N3O2S2. The Hall–Kier alpha value is -1.34. The van der Waals surface area contributed by atoms with Gasteiger partial charge in [0.15, 0.2) is 5.16 Å². The van der Waals surface area contributed by atoms with Crippen LogP contribution in [0.3, 0.4) is 0 Å². The second kappa shape index (κ2) is 7.49. The van der Waals surface area contributed by atoms with E-state index in [2.05, 4.69) is 4.98 Å². The van der Waals surface area contributed by atoms with Crippen molar-refractivity contribution in [1.29, 1.82) is 0 Å². The molecule has 2 aromatic heterocycles. The lowest BCUT2D eigenvalue weighted by molar-refractivity contribution is -0.127. The summed E-state index contributed by atoms with van der Waals surface area (Å²) in [5.74, 6) is 0.388. The molecule has 0 unspecified atom stereocenters. The quantitative estimate of drug-likeness (QED) is 0.592. The van der Waals surface area contributed by atoms with Crippen molar-refractivity contribution in [2.24, 2.45) is 0 Å². The van der Waals surface area contributed by atoms with Gasteiger partial charge in [0.1, 0.15) is 4.83 Å². The van der Waals surface area contributed by atoms with E-state index in [4.69, 9.17) is 0 Å². The second-order valence-electron chi connectivity index (χ2n) is 5.26. The fraction of sp³-hybridized carbons (Fsp3) is 0.562. The van der Waals surface area contributed by atoms with Crippen LogP contribution in [0.4, 0.5) is 0 Å². The third kappa shape index (κ3) is 3.45. The van der Waals surface area contributed by atoms with Gasteiger partial charge in [-0.1, -0.05) is 11.8 Å². The zero-order chi connectivity index (χ0) is 17.1. The molecule has 0 saturated heterocycles. The summed E-state index contributed by atoms with van der Waals surface area (Å²) in [6.45, 7) is 11.8. The van der Waals surface area contributed by atoms with Gasteiger partial charge in [0, 0.05) is 24.5 Å². The normalized spacial score (nSPS) is 11.2. The number of thioether (sulfide) groups is 1. The number of fused-ring (bicyclic) bond motifs is 1. The third-order valence-corrected chi connectivity index (χ3v) is 6.07. The maximum Gasteiger partial charge on any atom is 0.263 e. The van der Waals surface area contributed by atoms with Crippen molar-refractivity contribution in [3.05, 3.63) is 20.8 Å². The molecular weight excluding hydrogens is 330 g/mol. The molecule has 0 aliphatic carbocycles. The number of amides is 1. The van der Waals surface area contributed by atoms with Crippen LogP contribution in [0.5, 0.6) is 0 Å². The van der Waals surface area contributed by atoms with Crippen molar-refractivity contribution in [2.75, 3.05) is 18.8 Å². The predicted octanol–water partition coefficient (Wildman–Crippen LogP) is 3.06. The van der Waals surface area contributed by atoms with E-state index < -0.39 is 0 Å². The molecule has 0 aromatic carbocycles. The Balaban J connectivity index is 2.37. The Bertz CT molecular complexity index is 776. The molecule has 0 aliphatic heterocycles. The molecule has 0 spiro atoms. The molecule has 0 atom stereocenters. The van der Waals surface area contributed by atoms with Crippen molar-refractivity contribution in [3.63, 3.8) is 0 Å². The zero-order valence-electron chi connectivity index (χ0n) is 14.3. The first-order valence-corrected chi connectivity index (χ1v) is 9.65. The first kappa shape index (κ1) is 18.0.